The number of aliphatic hydroxyl groups is 1. The lowest BCUT2D eigenvalue weighted by Crippen LogP contribution is -2.45. The van der Waals surface area contributed by atoms with Crippen LogP contribution < -0.4 is 16.2 Å². The molecule has 6 heteroatoms. The van der Waals surface area contributed by atoms with Crippen LogP contribution in [0.4, 0.5) is 0 Å². The Morgan fingerprint density at radius 1 is 1.85 bits per heavy atom. The van der Waals surface area contributed by atoms with Crippen molar-refractivity contribution in [3.05, 3.63) is 0 Å². The van der Waals surface area contributed by atoms with Gasteiger partial charge in [0.1, 0.15) is 6.04 Å². The average Bonchev–Trinajstić information content (AvgIpc) is 2.47. The maximum atomic E-state index is 11.2. The van der Waals surface area contributed by atoms with Gasteiger partial charge in [0.15, 0.2) is 0 Å². The molecular weight excluding hydrogens is 174 g/mol. The van der Waals surface area contributed by atoms with E-state index in [1.54, 1.807) is 6.92 Å². The average molecular weight is 187 g/mol. The van der Waals surface area contributed by atoms with Crippen molar-refractivity contribution >= 4 is 11.8 Å². The maximum Gasteiger partial charge on any atom is 0.239 e. The van der Waals surface area contributed by atoms with Crippen molar-refractivity contribution < 1.29 is 14.7 Å². The van der Waals surface area contributed by atoms with Crippen LogP contribution in [0.15, 0.2) is 0 Å². The summed E-state index contributed by atoms with van der Waals surface area (Å²) in [5, 5.41) is 11.4. The Morgan fingerprint density at radius 3 is 3.00 bits per heavy atom. The molecule has 0 radical (unpaired) electrons. The Labute approximate surface area is 75.7 Å². The minimum absolute atomic E-state index is 0.144. The van der Waals surface area contributed by atoms with Crippen LogP contribution in [0.1, 0.15) is 13.3 Å². The summed E-state index contributed by atoms with van der Waals surface area (Å²) in [6.45, 7) is 1.77. The minimum Gasteiger partial charge on any atom is -0.392 e. The molecule has 0 saturated carbocycles. The lowest BCUT2D eigenvalue weighted by atomic mass is 10.2. The molecule has 1 rings (SSSR count). The summed E-state index contributed by atoms with van der Waals surface area (Å²) in [6, 6.07) is -0.522. The summed E-state index contributed by atoms with van der Waals surface area (Å²) < 4.78 is 0. The van der Waals surface area contributed by atoms with E-state index in [0.29, 0.717) is 0 Å². The van der Waals surface area contributed by atoms with Crippen LogP contribution in [-0.2, 0) is 9.59 Å². The van der Waals surface area contributed by atoms with Crippen LogP contribution in [0.2, 0.25) is 0 Å². The number of carbonyl (C=O) groups is 2. The first-order chi connectivity index (χ1) is 6.09. The molecule has 0 spiro atoms. The maximum absolute atomic E-state index is 11.2. The van der Waals surface area contributed by atoms with Gasteiger partial charge < -0.3 is 10.4 Å². The topological polar surface area (TPSA) is 90.5 Å². The summed E-state index contributed by atoms with van der Waals surface area (Å²) in [4.78, 5) is 21.9. The van der Waals surface area contributed by atoms with Crippen LogP contribution in [0.5, 0.6) is 0 Å². The van der Waals surface area contributed by atoms with Crippen molar-refractivity contribution in [1.29, 1.82) is 0 Å². The first-order valence-corrected chi connectivity index (χ1v) is 4.09. The SMILES string of the molecule is CC(O)CNC(=O)C1CC(=O)NN1. The smallest absolute Gasteiger partial charge is 0.239 e. The quantitative estimate of drug-likeness (QED) is 0.406. The third-order valence-corrected chi connectivity index (χ3v) is 1.66. The van der Waals surface area contributed by atoms with E-state index in [9.17, 15) is 9.59 Å². The number of hydrogen-bond acceptors (Lipinski definition) is 4. The van der Waals surface area contributed by atoms with E-state index in [-0.39, 0.29) is 24.8 Å². The van der Waals surface area contributed by atoms with Gasteiger partial charge >= 0.3 is 0 Å². The summed E-state index contributed by atoms with van der Waals surface area (Å²) in [7, 11) is 0. The molecule has 1 fully saturated rings. The molecule has 0 aliphatic carbocycles. The highest BCUT2D eigenvalue weighted by Crippen LogP contribution is 1.97. The van der Waals surface area contributed by atoms with Crippen molar-refractivity contribution in [1.82, 2.24) is 16.2 Å². The zero-order chi connectivity index (χ0) is 9.84. The van der Waals surface area contributed by atoms with Gasteiger partial charge in [0.05, 0.1) is 12.5 Å². The van der Waals surface area contributed by atoms with Crippen molar-refractivity contribution in [3.8, 4) is 0 Å². The van der Waals surface area contributed by atoms with E-state index < -0.39 is 12.1 Å². The molecular formula is C7H13N3O3. The number of hydrazine groups is 1. The molecule has 1 saturated heterocycles. The molecule has 0 bridgehead atoms. The minimum atomic E-state index is -0.575. The number of carbonyl (C=O) groups excluding carboxylic acids is 2. The van der Waals surface area contributed by atoms with Crippen LogP contribution in [0, 0.1) is 0 Å². The van der Waals surface area contributed by atoms with Crippen LogP contribution in [0.25, 0.3) is 0 Å². The van der Waals surface area contributed by atoms with Crippen molar-refractivity contribution in [2.24, 2.45) is 0 Å². The van der Waals surface area contributed by atoms with E-state index >= 15 is 0 Å². The number of nitrogens with one attached hydrogen (secondary N) is 3. The lowest BCUT2D eigenvalue weighted by Gasteiger charge is -2.10. The number of hydrogen-bond donors (Lipinski definition) is 4. The van der Waals surface area contributed by atoms with E-state index in [0.717, 1.165) is 0 Å². The monoisotopic (exact) mass is 187 g/mol. The molecule has 2 atom stereocenters. The Balaban J connectivity index is 2.27. The normalized spacial score (nSPS) is 23.8. The Hall–Kier alpha value is -1.14. The zero-order valence-corrected chi connectivity index (χ0v) is 7.33. The van der Waals surface area contributed by atoms with Gasteiger partial charge in [-0.05, 0) is 6.92 Å². The number of rotatable bonds is 3. The fraction of sp³-hybridized carbons (Fsp3) is 0.714. The summed E-state index contributed by atoms with van der Waals surface area (Å²) in [5.74, 6) is -0.476. The zero-order valence-electron chi connectivity index (χ0n) is 7.33. The largest absolute Gasteiger partial charge is 0.392 e. The molecule has 4 N–H and O–H groups in total. The van der Waals surface area contributed by atoms with Gasteiger partial charge in [-0.15, -0.1) is 0 Å². The Morgan fingerprint density at radius 2 is 2.54 bits per heavy atom. The highest BCUT2D eigenvalue weighted by Gasteiger charge is 2.27. The number of aliphatic hydroxyl groups excluding tert-OH is 1. The van der Waals surface area contributed by atoms with Crippen LogP contribution in [0.3, 0.4) is 0 Å². The molecule has 0 aromatic rings. The van der Waals surface area contributed by atoms with E-state index in [1.807, 2.05) is 0 Å². The molecule has 0 aromatic heterocycles. The molecule has 1 aliphatic rings. The fourth-order valence-electron chi connectivity index (χ4n) is 0.985. The third kappa shape index (κ3) is 3.00. The predicted octanol–water partition coefficient (Wildman–Crippen LogP) is -2.12. The van der Waals surface area contributed by atoms with Crippen molar-refractivity contribution in [2.75, 3.05) is 6.54 Å². The molecule has 1 aliphatic heterocycles. The second-order valence-electron chi connectivity index (χ2n) is 3.04. The molecule has 6 nitrogen and oxygen atoms in total. The molecule has 1 heterocycles. The Kier molecular flexibility index (Phi) is 3.21. The standard InChI is InChI=1S/C7H13N3O3/c1-4(11)3-8-7(13)5-2-6(12)10-9-5/h4-5,9,11H,2-3H2,1H3,(H,8,13)(H,10,12). The highest BCUT2D eigenvalue weighted by molar-refractivity contribution is 5.90. The molecule has 13 heavy (non-hydrogen) atoms. The predicted molar refractivity (Wildman–Crippen MR) is 44.4 cm³/mol. The third-order valence-electron chi connectivity index (χ3n) is 1.66. The summed E-state index contributed by atoms with van der Waals surface area (Å²) >= 11 is 0. The fourth-order valence-corrected chi connectivity index (χ4v) is 0.985. The second-order valence-corrected chi connectivity index (χ2v) is 3.04. The van der Waals surface area contributed by atoms with Gasteiger partial charge in [0, 0.05) is 6.54 Å². The molecule has 74 valence electrons. The van der Waals surface area contributed by atoms with Gasteiger partial charge in [-0.1, -0.05) is 0 Å². The van der Waals surface area contributed by atoms with Gasteiger partial charge in [-0.2, -0.15) is 0 Å². The van der Waals surface area contributed by atoms with E-state index in [1.165, 1.54) is 0 Å². The van der Waals surface area contributed by atoms with Gasteiger partial charge in [0.2, 0.25) is 11.8 Å². The first kappa shape index (κ1) is 9.94. The second kappa shape index (κ2) is 4.20. The highest BCUT2D eigenvalue weighted by atomic mass is 16.3. The van der Waals surface area contributed by atoms with Crippen molar-refractivity contribution in [2.45, 2.75) is 25.5 Å². The van der Waals surface area contributed by atoms with Gasteiger partial charge in [-0.3, -0.25) is 15.0 Å². The van der Waals surface area contributed by atoms with Crippen LogP contribution >= 0.6 is 0 Å². The van der Waals surface area contributed by atoms with Crippen molar-refractivity contribution in [3.63, 3.8) is 0 Å². The van der Waals surface area contributed by atoms with E-state index in [2.05, 4.69) is 16.2 Å². The summed E-state index contributed by atoms with van der Waals surface area (Å²) in [5.41, 5.74) is 4.86. The number of amides is 2. The molecule has 2 unspecified atom stereocenters. The molecule has 0 aromatic carbocycles. The van der Waals surface area contributed by atoms with Gasteiger partial charge in [0.25, 0.3) is 0 Å². The van der Waals surface area contributed by atoms with Gasteiger partial charge in [-0.25, -0.2) is 5.43 Å². The van der Waals surface area contributed by atoms with E-state index in [4.69, 9.17) is 5.11 Å². The lowest BCUT2D eigenvalue weighted by molar-refractivity contribution is -0.124. The molecule has 2 amide bonds. The Bertz CT molecular complexity index is 217. The van der Waals surface area contributed by atoms with Crippen LogP contribution in [-0.4, -0.2) is 35.6 Å². The first-order valence-electron chi connectivity index (χ1n) is 4.09. The summed E-state index contributed by atoms with van der Waals surface area (Å²) in [6.07, 6.45) is -0.431.